The van der Waals surface area contributed by atoms with Crippen LogP contribution >= 0.6 is 0 Å². The molecule has 25 heavy (non-hydrogen) atoms. The molecule has 1 aromatic carbocycles. The standard InChI is InChI=1S/C17H29N3O4S/c1-4-18-17(20-11-12-24-13-14-25(3,21)22)19-10-9-15-7-5-6-8-16(15)23-2/h5-8H,4,9-14H2,1-3H3,(H2,18,19,20). The number of hydrogen-bond donors (Lipinski definition) is 2. The maximum absolute atomic E-state index is 11.0. The highest BCUT2D eigenvalue weighted by Crippen LogP contribution is 2.17. The number of rotatable bonds is 11. The van der Waals surface area contributed by atoms with E-state index in [1.54, 1.807) is 7.11 Å². The van der Waals surface area contributed by atoms with E-state index in [0.717, 1.165) is 30.8 Å². The monoisotopic (exact) mass is 371 g/mol. The number of nitrogens with zero attached hydrogens (tertiary/aromatic N) is 1. The Hall–Kier alpha value is -1.80. The number of para-hydroxylation sites is 1. The Morgan fingerprint density at radius 2 is 1.96 bits per heavy atom. The van der Waals surface area contributed by atoms with Gasteiger partial charge in [0, 0.05) is 19.3 Å². The fourth-order valence-corrected chi connectivity index (χ4v) is 2.52. The van der Waals surface area contributed by atoms with Crippen molar-refractivity contribution in [1.82, 2.24) is 10.6 Å². The molecule has 2 N–H and O–H groups in total. The number of sulfone groups is 1. The third-order valence-corrected chi connectivity index (χ3v) is 4.24. The van der Waals surface area contributed by atoms with Gasteiger partial charge in [-0.2, -0.15) is 0 Å². The van der Waals surface area contributed by atoms with Crippen LogP contribution in [0.1, 0.15) is 12.5 Å². The normalized spacial score (nSPS) is 12.0. The maximum atomic E-state index is 11.0. The van der Waals surface area contributed by atoms with Gasteiger partial charge in [-0.3, -0.25) is 4.99 Å². The zero-order chi connectivity index (χ0) is 18.5. The predicted octanol–water partition coefficient (Wildman–Crippen LogP) is 0.854. The Morgan fingerprint density at radius 1 is 1.20 bits per heavy atom. The second-order valence-electron chi connectivity index (χ2n) is 5.49. The van der Waals surface area contributed by atoms with Crippen LogP contribution in [-0.4, -0.2) is 66.3 Å². The summed E-state index contributed by atoms with van der Waals surface area (Å²) in [4.78, 5) is 4.41. The molecule has 8 heteroatoms. The SMILES string of the molecule is CCNC(=NCCOCCS(C)(=O)=O)NCCc1ccccc1OC. The largest absolute Gasteiger partial charge is 0.496 e. The zero-order valence-corrected chi connectivity index (χ0v) is 16.1. The Morgan fingerprint density at radius 3 is 2.64 bits per heavy atom. The van der Waals surface area contributed by atoms with Crippen molar-refractivity contribution >= 4 is 15.8 Å². The summed E-state index contributed by atoms with van der Waals surface area (Å²) in [6.45, 7) is 4.54. The van der Waals surface area contributed by atoms with Crippen LogP contribution in [0.5, 0.6) is 5.75 Å². The van der Waals surface area contributed by atoms with Gasteiger partial charge in [0.25, 0.3) is 0 Å². The van der Waals surface area contributed by atoms with Crippen LogP contribution in [0.3, 0.4) is 0 Å². The van der Waals surface area contributed by atoms with Gasteiger partial charge in [0.2, 0.25) is 0 Å². The molecule has 0 amide bonds. The lowest BCUT2D eigenvalue weighted by Crippen LogP contribution is -2.38. The van der Waals surface area contributed by atoms with Crippen molar-refractivity contribution in [2.24, 2.45) is 4.99 Å². The van der Waals surface area contributed by atoms with E-state index in [1.165, 1.54) is 6.26 Å². The van der Waals surface area contributed by atoms with E-state index in [-0.39, 0.29) is 12.4 Å². The van der Waals surface area contributed by atoms with E-state index >= 15 is 0 Å². The molecule has 142 valence electrons. The Kier molecular flexibility index (Phi) is 9.94. The summed E-state index contributed by atoms with van der Waals surface area (Å²) in [5, 5.41) is 6.44. The minimum absolute atomic E-state index is 0.0357. The molecule has 0 aliphatic carbocycles. The number of aliphatic imine (C=N–C) groups is 1. The van der Waals surface area contributed by atoms with Gasteiger partial charge in [-0.25, -0.2) is 8.42 Å². The highest BCUT2D eigenvalue weighted by Gasteiger charge is 2.03. The lowest BCUT2D eigenvalue weighted by Gasteiger charge is -2.12. The van der Waals surface area contributed by atoms with Gasteiger partial charge in [0.1, 0.15) is 15.6 Å². The number of guanidine groups is 1. The van der Waals surface area contributed by atoms with Gasteiger partial charge in [0.15, 0.2) is 5.96 Å². The van der Waals surface area contributed by atoms with Gasteiger partial charge < -0.3 is 20.1 Å². The molecule has 1 aromatic rings. The van der Waals surface area contributed by atoms with Crippen molar-refractivity contribution in [2.75, 3.05) is 52.0 Å². The molecule has 0 spiro atoms. The first-order valence-corrected chi connectivity index (χ1v) is 10.4. The molecule has 0 aromatic heterocycles. The predicted molar refractivity (Wildman–Crippen MR) is 101 cm³/mol. The molecule has 1 rings (SSSR count). The van der Waals surface area contributed by atoms with Crippen LogP contribution in [0.15, 0.2) is 29.3 Å². The minimum atomic E-state index is -2.98. The van der Waals surface area contributed by atoms with Crippen LogP contribution in [0.4, 0.5) is 0 Å². The zero-order valence-electron chi connectivity index (χ0n) is 15.2. The van der Waals surface area contributed by atoms with Crippen molar-refractivity contribution < 1.29 is 17.9 Å². The second-order valence-corrected chi connectivity index (χ2v) is 7.75. The number of nitrogens with one attached hydrogen (secondary N) is 2. The summed E-state index contributed by atoms with van der Waals surface area (Å²) < 4.78 is 32.6. The molecule has 7 nitrogen and oxygen atoms in total. The van der Waals surface area contributed by atoms with Crippen molar-refractivity contribution in [2.45, 2.75) is 13.3 Å². The quantitative estimate of drug-likeness (QED) is 0.341. The summed E-state index contributed by atoms with van der Waals surface area (Å²) in [7, 11) is -1.31. The molecule has 0 heterocycles. The first kappa shape index (κ1) is 21.2. The van der Waals surface area contributed by atoms with E-state index in [4.69, 9.17) is 9.47 Å². The third kappa shape index (κ3) is 9.93. The fourth-order valence-electron chi connectivity index (χ4n) is 2.10. The van der Waals surface area contributed by atoms with Gasteiger partial charge in [-0.1, -0.05) is 18.2 Å². The first-order chi connectivity index (χ1) is 12.0. The number of ether oxygens (including phenoxy) is 2. The van der Waals surface area contributed by atoms with Gasteiger partial charge >= 0.3 is 0 Å². The summed E-state index contributed by atoms with van der Waals surface area (Å²) in [6, 6.07) is 7.93. The molecular formula is C17H29N3O4S. The van der Waals surface area contributed by atoms with Crippen molar-refractivity contribution in [3.8, 4) is 5.75 Å². The van der Waals surface area contributed by atoms with Crippen molar-refractivity contribution in [3.63, 3.8) is 0 Å². The topological polar surface area (TPSA) is 89.0 Å². The molecule has 0 unspecified atom stereocenters. The summed E-state index contributed by atoms with van der Waals surface area (Å²) in [5.41, 5.74) is 1.14. The lowest BCUT2D eigenvalue weighted by atomic mass is 10.1. The van der Waals surface area contributed by atoms with Crippen molar-refractivity contribution in [1.29, 1.82) is 0 Å². The molecule has 0 radical (unpaired) electrons. The average molecular weight is 372 g/mol. The highest BCUT2D eigenvalue weighted by atomic mass is 32.2. The van der Waals surface area contributed by atoms with Gasteiger partial charge in [-0.15, -0.1) is 0 Å². The molecule has 0 fully saturated rings. The molecule has 0 aliphatic rings. The Bertz CT molecular complexity index is 633. The number of methoxy groups -OCH3 is 1. The van der Waals surface area contributed by atoms with E-state index < -0.39 is 9.84 Å². The summed E-state index contributed by atoms with van der Waals surface area (Å²) >= 11 is 0. The maximum Gasteiger partial charge on any atom is 0.191 e. The van der Waals surface area contributed by atoms with Gasteiger partial charge in [-0.05, 0) is 25.0 Å². The molecular weight excluding hydrogens is 342 g/mol. The lowest BCUT2D eigenvalue weighted by molar-refractivity contribution is 0.157. The summed E-state index contributed by atoms with van der Waals surface area (Å²) in [5.74, 6) is 1.63. The average Bonchev–Trinajstić information content (AvgIpc) is 2.57. The molecule has 0 atom stereocenters. The fraction of sp³-hybridized carbons (Fsp3) is 0.588. The molecule has 0 saturated carbocycles. The number of benzene rings is 1. The van der Waals surface area contributed by atoms with E-state index in [1.807, 2.05) is 31.2 Å². The van der Waals surface area contributed by atoms with Crippen LogP contribution < -0.4 is 15.4 Å². The van der Waals surface area contributed by atoms with Crippen LogP contribution in [0.2, 0.25) is 0 Å². The summed E-state index contributed by atoms with van der Waals surface area (Å²) in [6.07, 6.45) is 2.02. The van der Waals surface area contributed by atoms with Crippen LogP contribution in [0, 0.1) is 0 Å². The Labute approximate surface area is 150 Å². The van der Waals surface area contributed by atoms with E-state index in [0.29, 0.717) is 19.1 Å². The first-order valence-electron chi connectivity index (χ1n) is 8.35. The second kappa shape index (κ2) is 11.7. The van der Waals surface area contributed by atoms with Gasteiger partial charge in [0.05, 0.1) is 32.6 Å². The Balaban J connectivity index is 2.35. The van der Waals surface area contributed by atoms with E-state index in [2.05, 4.69) is 15.6 Å². The third-order valence-electron chi connectivity index (χ3n) is 3.33. The molecule has 0 bridgehead atoms. The van der Waals surface area contributed by atoms with Crippen molar-refractivity contribution in [3.05, 3.63) is 29.8 Å². The van der Waals surface area contributed by atoms with Crippen LogP contribution in [0.25, 0.3) is 0 Å². The molecule has 0 saturated heterocycles. The smallest absolute Gasteiger partial charge is 0.191 e. The minimum Gasteiger partial charge on any atom is -0.496 e. The number of hydrogen-bond acceptors (Lipinski definition) is 5. The highest BCUT2D eigenvalue weighted by molar-refractivity contribution is 7.90. The van der Waals surface area contributed by atoms with E-state index in [9.17, 15) is 8.42 Å². The van der Waals surface area contributed by atoms with Crippen LogP contribution in [-0.2, 0) is 21.0 Å². The molecule has 0 aliphatic heterocycles.